The SMILES string of the molecule is CCCn1ncnc1CC1(O)CCCC(C(C)C)CC1. The van der Waals surface area contributed by atoms with Gasteiger partial charge in [0.05, 0.1) is 5.60 Å². The zero-order valence-electron chi connectivity index (χ0n) is 13.2. The fourth-order valence-electron chi connectivity index (χ4n) is 3.38. The van der Waals surface area contributed by atoms with Crippen LogP contribution in [0.3, 0.4) is 0 Å². The Morgan fingerprint density at radius 1 is 1.40 bits per heavy atom. The van der Waals surface area contributed by atoms with E-state index in [-0.39, 0.29) is 0 Å². The molecule has 0 bridgehead atoms. The molecule has 0 spiro atoms. The van der Waals surface area contributed by atoms with Crippen molar-refractivity contribution in [3.8, 4) is 0 Å². The molecule has 4 heteroatoms. The molecule has 1 aromatic rings. The van der Waals surface area contributed by atoms with Crippen molar-refractivity contribution in [2.24, 2.45) is 11.8 Å². The van der Waals surface area contributed by atoms with E-state index < -0.39 is 5.60 Å². The molecule has 1 saturated carbocycles. The molecule has 20 heavy (non-hydrogen) atoms. The van der Waals surface area contributed by atoms with Crippen LogP contribution in [-0.4, -0.2) is 25.5 Å². The molecule has 4 nitrogen and oxygen atoms in total. The minimum absolute atomic E-state index is 0.581. The van der Waals surface area contributed by atoms with Crippen molar-refractivity contribution in [3.63, 3.8) is 0 Å². The number of nitrogens with zero attached hydrogens (tertiary/aromatic N) is 3. The smallest absolute Gasteiger partial charge is 0.138 e. The Labute approximate surface area is 122 Å². The highest BCUT2D eigenvalue weighted by Crippen LogP contribution is 2.35. The fraction of sp³-hybridized carbons (Fsp3) is 0.875. The van der Waals surface area contributed by atoms with Crippen LogP contribution in [0.15, 0.2) is 6.33 Å². The number of hydrogen-bond acceptors (Lipinski definition) is 3. The number of rotatable bonds is 5. The molecule has 1 N–H and O–H groups in total. The van der Waals surface area contributed by atoms with Crippen LogP contribution in [-0.2, 0) is 13.0 Å². The first-order valence-corrected chi connectivity index (χ1v) is 8.13. The summed E-state index contributed by atoms with van der Waals surface area (Å²) in [6.07, 6.45) is 8.62. The van der Waals surface area contributed by atoms with Crippen molar-refractivity contribution >= 4 is 0 Å². The predicted molar refractivity (Wildman–Crippen MR) is 80.4 cm³/mol. The topological polar surface area (TPSA) is 50.9 Å². The average molecular weight is 279 g/mol. The van der Waals surface area contributed by atoms with Crippen molar-refractivity contribution in [2.75, 3.05) is 0 Å². The second kappa shape index (κ2) is 6.70. The summed E-state index contributed by atoms with van der Waals surface area (Å²) in [6.45, 7) is 7.62. The molecule has 0 amide bonds. The third kappa shape index (κ3) is 3.81. The maximum Gasteiger partial charge on any atom is 0.138 e. The van der Waals surface area contributed by atoms with Gasteiger partial charge in [-0.25, -0.2) is 4.98 Å². The van der Waals surface area contributed by atoms with Gasteiger partial charge in [-0.1, -0.05) is 33.6 Å². The second-order valence-corrected chi connectivity index (χ2v) is 6.74. The van der Waals surface area contributed by atoms with Crippen molar-refractivity contribution in [3.05, 3.63) is 12.2 Å². The highest BCUT2D eigenvalue weighted by atomic mass is 16.3. The monoisotopic (exact) mass is 279 g/mol. The van der Waals surface area contributed by atoms with Gasteiger partial charge in [-0.2, -0.15) is 5.10 Å². The van der Waals surface area contributed by atoms with Crippen LogP contribution in [0.1, 0.15) is 65.1 Å². The summed E-state index contributed by atoms with van der Waals surface area (Å²) in [7, 11) is 0. The molecule has 1 heterocycles. The Hall–Kier alpha value is -0.900. The quantitative estimate of drug-likeness (QED) is 0.842. The molecular formula is C16H29N3O. The number of aliphatic hydroxyl groups is 1. The van der Waals surface area contributed by atoms with Gasteiger partial charge in [0.25, 0.3) is 0 Å². The molecule has 0 aromatic carbocycles. The zero-order valence-corrected chi connectivity index (χ0v) is 13.2. The van der Waals surface area contributed by atoms with Crippen LogP contribution in [0.2, 0.25) is 0 Å². The summed E-state index contributed by atoms with van der Waals surface area (Å²) in [5, 5.41) is 15.2. The summed E-state index contributed by atoms with van der Waals surface area (Å²) >= 11 is 0. The van der Waals surface area contributed by atoms with Crippen LogP contribution in [0.25, 0.3) is 0 Å². The van der Waals surface area contributed by atoms with Crippen LogP contribution >= 0.6 is 0 Å². The van der Waals surface area contributed by atoms with Gasteiger partial charge in [-0.15, -0.1) is 0 Å². The molecule has 2 atom stereocenters. The van der Waals surface area contributed by atoms with Gasteiger partial charge < -0.3 is 5.11 Å². The molecule has 2 rings (SSSR count). The second-order valence-electron chi connectivity index (χ2n) is 6.74. The minimum atomic E-state index is -0.581. The van der Waals surface area contributed by atoms with Crippen molar-refractivity contribution in [2.45, 2.75) is 77.9 Å². The van der Waals surface area contributed by atoms with Gasteiger partial charge in [-0.05, 0) is 37.5 Å². The Morgan fingerprint density at radius 3 is 2.90 bits per heavy atom. The van der Waals surface area contributed by atoms with E-state index in [9.17, 15) is 5.11 Å². The molecule has 0 radical (unpaired) electrons. The van der Waals surface area contributed by atoms with Crippen LogP contribution in [0.4, 0.5) is 0 Å². The maximum atomic E-state index is 10.9. The standard InChI is InChI=1S/C16H29N3O/c1-4-10-19-15(17-12-18-19)11-16(20)8-5-6-14(7-9-16)13(2)3/h12-14,20H,4-11H2,1-3H3. The number of aryl methyl sites for hydroxylation is 1. The average Bonchev–Trinajstić information content (AvgIpc) is 2.70. The van der Waals surface area contributed by atoms with Crippen molar-refractivity contribution < 1.29 is 5.11 Å². The summed E-state index contributed by atoms with van der Waals surface area (Å²) in [6, 6.07) is 0. The first-order valence-electron chi connectivity index (χ1n) is 8.13. The van der Waals surface area contributed by atoms with E-state index in [1.165, 1.54) is 6.42 Å². The summed E-state index contributed by atoms with van der Waals surface area (Å²) in [4.78, 5) is 4.35. The normalized spacial score (nSPS) is 27.8. The largest absolute Gasteiger partial charge is 0.389 e. The van der Waals surface area contributed by atoms with Gasteiger partial charge in [0.15, 0.2) is 0 Å². The Kier molecular flexibility index (Phi) is 5.19. The van der Waals surface area contributed by atoms with Crippen molar-refractivity contribution in [1.82, 2.24) is 14.8 Å². The van der Waals surface area contributed by atoms with E-state index in [4.69, 9.17) is 0 Å². The highest BCUT2D eigenvalue weighted by Gasteiger charge is 2.33. The molecule has 114 valence electrons. The first-order chi connectivity index (χ1) is 9.54. The van der Waals surface area contributed by atoms with Gasteiger partial charge in [0, 0.05) is 13.0 Å². The minimum Gasteiger partial charge on any atom is -0.389 e. The summed E-state index contributed by atoms with van der Waals surface area (Å²) in [5.74, 6) is 2.43. The number of hydrogen-bond donors (Lipinski definition) is 1. The van der Waals surface area contributed by atoms with E-state index in [1.54, 1.807) is 6.33 Å². The van der Waals surface area contributed by atoms with E-state index in [2.05, 4.69) is 30.9 Å². The van der Waals surface area contributed by atoms with Gasteiger partial charge in [-0.3, -0.25) is 4.68 Å². The predicted octanol–water partition coefficient (Wildman–Crippen LogP) is 3.20. The van der Waals surface area contributed by atoms with E-state index in [0.29, 0.717) is 6.42 Å². The highest BCUT2D eigenvalue weighted by molar-refractivity contribution is 4.96. The number of aromatic nitrogens is 3. The molecule has 1 aromatic heterocycles. The van der Waals surface area contributed by atoms with Crippen molar-refractivity contribution in [1.29, 1.82) is 0 Å². The molecular weight excluding hydrogens is 250 g/mol. The lowest BCUT2D eigenvalue weighted by atomic mass is 9.87. The third-order valence-electron chi connectivity index (χ3n) is 4.76. The Bertz CT molecular complexity index is 416. The molecule has 1 aliphatic rings. The van der Waals surface area contributed by atoms with Crippen LogP contribution < -0.4 is 0 Å². The molecule has 2 unspecified atom stereocenters. The van der Waals surface area contributed by atoms with Crippen LogP contribution in [0.5, 0.6) is 0 Å². The van der Waals surface area contributed by atoms with Crippen LogP contribution in [0, 0.1) is 11.8 Å². The fourth-order valence-corrected chi connectivity index (χ4v) is 3.38. The lowest BCUT2D eigenvalue weighted by molar-refractivity contribution is 0.0208. The molecule has 0 saturated heterocycles. The molecule has 1 aliphatic carbocycles. The third-order valence-corrected chi connectivity index (χ3v) is 4.76. The Balaban J connectivity index is 2.01. The first kappa shape index (κ1) is 15.5. The van der Waals surface area contributed by atoms with Gasteiger partial charge in [0.2, 0.25) is 0 Å². The molecule has 1 fully saturated rings. The van der Waals surface area contributed by atoms with Gasteiger partial charge >= 0.3 is 0 Å². The van der Waals surface area contributed by atoms with E-state index in [1.807, 2.05) is 4.68 Å². The van der Waals surface area contributed by atoms with Gasteiger partial charge in [0.1, 0.15) is 12.2 Å². The van der Waals surface area contributed by atoms with E-state index in [0.717, 1.165) is 56.3 Å². The van der Waals surface area contributed by atoms with E-state index >= 15 is 0 Å². The lowest BCUT2D eigenvalue weighted by Crippen LogP contribution is -2.32. The molecule has 0 aliphatic heterocycles. The summed E-state index contributed by atoms with van der Waals surface area (Å²) < 4.78 is 1.95. The maximum absolute atomic E-state index is 10.9. The summed E-state index contributed by atoms with van der Waals surface area (Å²) in [5.41, 5.74) is -0.581. The zero-order chi connectivity index (χ0) is 14.6. The Morgan fingerprint density at radius 2 is 2.20 bits per heavy atom. The lowest BCUT2D eigenvalue weighted by Gasteiger charge is -2.26.